The van der Waals surface area contributed by atoms with Crippen LogP contribution < -0.4 is 0 Å². The van der Waals surface area contributed by atoms with E-state index < -0.39 is 41.1 Å². The molecular weight excluding hydrogens is 277 g/mol. The van der Waals surface area contributed by atoms with E-state index in [2.05, 4.69) is 0 Å². The lowest BCUT2D eigenvalue weighted by molar-refractivity contribution is -0.387. The minimum atomic E-state index is -2.79. The van der Waals surface area contributed by atoms with Crippen molar-refractivity contribution in [1.29, 1.82) is 0 Å². The summed E-state index contributed by atoms with van der Waals surface area (Å²) in [4.78, 5) is 22.9. The molecule has 0 N–H and O–H groups in total. The van der Waals surface area contributed by atoms with Crippen molar-refractivity contribution in [2.45, 2.75) is 18.8 Å². The predicted octanol–water partition coefficient (Wildman–Crippen LogP) is 2.61. The standard InChI is InChI=1S/C12H11F3N2O3/c13-9-2-1-8(7-10(9)17(19)20)11(18)16-5-3-12(14,15)4-6-16/h1-2,7H,3-6H2. The van der Waals surface area contributed by atoms with Gasteiger partial charge in [0.2, 0.25) is 5.82 Å². The van der Waals surface area contributed by atoms with Crippen molar-refractivity contribution in [3.05, 3.63) is 39.7 Å². The van der Waals surface area contributed by atoms with E-state index in [-0.39, 0.29) is 18.7 Å². The van der Waals surface area contributed by atoms with E-state index in [1.165, 1.54) is 4.90 Å². The molecule has 0 atom stereocenters. The zero-order chi connectivity index (χ0) is 14.9. The van der Waals surface area contributed by atoms with E-state index in [4.69, 9.17) is 0 Å². The van der Waals surface area contributed by atoms with E-state index in [9.17, 15) is 28.1 Å². The van der Waals surface area contributed by atoms with Crippen LogP contribution in [0.1, 0.15) is 23.2 Å². The second kappa shape index (κ2) is 5.10. The number of amides is 1. The highest BCUT2D eigenvalue weighted by Crippen LogP contribution is 2.29. The number of hydrogen-bond acceptors (Lipinski definition) is 3. The molecule has 0 saturated carbocycles. The summed E-state index contributed by atoms with van der Waals surface area (Å²) < 4.78 is 39.1. The quantitative estimate of drug-likeness (QED) is 0.620. The molecule has 8 heteroatoms. The van der Waals surface area contributed by atoms with Crippen LogP contribution in [0.3, 0.4) is 0 Å². The molecule has 1 heterocycles. The molecule has 1 aromatic rings. The maximum absolute atomic E-state index is 13.2. The number of carbonyl (C=O) groups excluding carboxylic acids is 1. The Hall–Kier alpha value is -2.12. The van der Waals surface area contributed by atoms with Crippen LogP contribution in [-0.4, -0.2) is 34.7 Å². The molecule has 0 radical (unpaired) electrons. The average Bonchev–Trinajstić information content (AvgIpc) is 2.38. The molecule has 0 aromatic heterocycles. The number of carbonyl (C=O) groups is 1. The lowest BCUT2D eigenvalue weighted by atomic mass is 10.1. The summed E-state index contributed by atoms with van der Waals surface area (Å²) in [6, 6.07) is 2.76. The largest absolute Gasteiger partial charge is 0.338 e. The predicted molar refractivity (Wildman–Crippen MR) is 63.1 cm³/mol. The van der Waals surface area contributed by atoms with Gasteiger partial charge < -0.3 is 4.90 Å². The number of alkyl halides is 2. The first-order valence-corrected chi connectivity index (χ1v) is 5.91. The fourth-order valence-corrected chi connectivity index (χ4v) is 2.01. The normalized spacial score (nSPS) is 17.9. The molecule has 2 rings (SSSR count). The molecular formula is C12H11F3N2O3. The Bertz CT molecular complexity index is 553. The number of benzene rings is 1. The van der Waals surface area contributed by atoms with Crippen molar-refractivity contribution in [1.82, 2.24) is 4.90 Å². The third-order valence-electron chi connectivity index (χ3n) is 3.17. The second-order valence-electron chi connectivity index (χ2n) is 4.57. The van der Waals surface area contributed by atoms with E-state index in [0.717, 1.165) is 18.2 Å². The van der Waals surface area contributed by atoms with E-state index in [1.807, 2.05) is 0 Å². The molecule has 1 aromatic carbocycles. The lowest BCUT2D eigenvalue weighted by Crippen LogP contribution is -2.42. The van der Waals surface area contributed by atoms with Crippen molar-refractivity contribution in [3.8, 4) is 0 Å². The van der Waals surface area contributed by atoms with Crippen molar-refractivity contribution in [2.24, 2.45) is 0 Å². The summed E-state index contributed by atoms with van der Waals surface area (Å²) in [7, 11) is 0. The number of hydrogen-bond donors (Lipinski definition) is 0. The van der Waals surface area contributed by atoms with E-state index in [0.29, 0.717) is 0 Å². The minimum Gasteiger partial charge on any atom is -0.338 e. The number of nitro groups is 1. The van der Waals surface area contributed by atoms with Crippen molar-refractivity contribution in [3.63, 3.8) is 0 Å². The molecule has 1 aliphatic rings. The molecule has 0 aliphatic carbocycles. The molecule has 5 nitrogen and oxygen atoms in total. The molecule has 1 saturated heterocycles. The molecule has 108 valence electrons. The van der Waals surface area contributed by atoms with Crippen molar-refractivity contribution >= 4 is 11.6 Å². The van der Waals surface area contributed by atoms with Crippen LogP contribution in [0.2, 0.25) is 0 Å². The third-order valence-corrected chi connectivity index (χ3v) is 3.17. The number of halogens is 3. The van der Waals surface area contributed by atoms with Crippen molar-refractivity contribution in [2.75, 3.05) is 13.1 Å². The van der Waals surface area contributed by atoms with Gasteiger partial charge in [-0.25, -0.2) is 8.78 Å². The number of nitro benzene ring substituents is 1. The maximum atomic E-state index is 13.2. The van der Waals surface area contributed by atoms with Gasteiger partial charge in [-0.1, -0.05) is 0 Å². The monoisotopic (exact) mass is 288 g/mol. The Balaban J connectivity index is 2.18. The Morgan fingerprint density at radius 2 is 1.90 bits per heavy atom. The molecule has 0 bridgehead atoms. The van der Waals surface area contributed by atoms with Crippen LogP contribution >= 0.6 is 0 Å². The highest BCUT2D eigenvalue weighted by molar-refractivity contribution is 5.94. The Morgan fingerprint density at radius 1 is 1.30 bits per heavy atom. The molecule has 0 unspecified atom stereocenters. The Kier molecular flexibility index (Phi) is 3.65. The molecule has 1 amide bonds. The smallest absolute Gasteiger partial charge is 0.305 e. The van der Waals surface area contributed by atoms with Crippen LogP contribution in [-0.2, 0) is 0 Å². The highest BCUT2D eigenvalue weighted by Gasteiger charge is 2.36. The molecule has 1 aliphatic heterocycles. The summed E-state index contributed by atoms with van der Waals surface area (Å²) in [6.07, 6.45) is -0.885. The summed E-state index contributed by atoms with van der Waals surface area (Å²) in [5, 5.41) is 10.6. The van der Waals surface area contributed by atoms with Gasteiger partial charge in [-0.05, 0) is 12.1 Å². The van der Waals surface area contributed by atoms with Crippen LogP contribution in [0.4, 0.5) is 18.9 Å². The summed E-state index contributed by atoms with van der Waals surface area (Å²) in [6.45, 7) is -0.256. The van der Waals surface area contributed by atoms with Gasteiger partial charge in [0.15, 0.2) is 0 Å². The number of piperidine rings is 1. The summed E-state index contributed by atoms with van der Waals surface area (Å²) in [5.74, 6) is -4.44. The highest BCUT2D eigenvalue weighted by atomic mass is 19.3. The maximum Gasteiger partial charge on any atom is 0.305 e. The number of rotatable bonds is 2. The molecule has 1 fully saturated rings. The second-order valence-corrected chi connectivity index (χ2v) is 4.57. The van der Waals surface area contributed by atoms with E-state index in [1.54, 1.807) is 0 Å². The average molecular weight is 288 g/mol. The van der Waals surface area contributed by atoms with Crippen LogP contribution in [0.15, 0.2) is 18.2 Å². The molecule has 0 spiro atoms. The lowest BCUT2D eigenvalue weighted by Gasteiger charge is -2.31. The summed E-state index contributed by atoms with van der Waals surface area (Å²) in [5.41, 5.74) is -0.887. The zero-order valence-corrected chi connectivity index (χ0v) is 10.3. The minimum absolute atomic E-state index is 0.0803. The number of likely N-dealkylation sites (tertiary alicyclic amines) is 1. The van der Waals surface area contributed by atoms with Gasteiger partial charge in [0.1, 0.15) is 0 Å². The van der Waals surface area contributed by atoms with Gasteiger partial charge in [-0.2, -0.15) is 4.39 Å². The fraction of sp³-hybridized carbons (Fsp3) is 0.417. The van der Waals surface area contributed by atoms with Gasteiger partial charge in [-0.3, -0.25) is 14.9 Å². The van der Waals surface area contributed by atoms with Gasteiger partial charge in [-0.15, -0.1) is 0 Å². The first kappa shape index (κ1) is 14.3. The van der Waals surface area contributed by atoms with Gasteiger partial charge in [0, 0.05) is 37.6 Å². The van der Waals surface area contributed by atoms with Gasteiger partial charge in [0.05, 0.1) is 4.92 Å². The van der Waals surface area contributed by atoms with Gasteiger partial charge in [0.25, 0.3) is 11.8 Å². The SMILES string of the molecule is O=C(c1ccc(F)c([N+](=O)[O-])c1)N1CCC(F)(F)CC1. The number of nitrogens with zero attached hydrogens (tertiary/aromatic N) is 2. The third kappa shape index (κ3) is 2.89. The first-order chi connectivity index (χ1) is 9.30. The van der Waals surface area contributed by atoms with Crippen LogP contribution in [0, 0.1) is 15.9 Å². The Morgan fingerprint density at radius 3 is 2.45 bits per heavy atom. The van der Waals surface area contributed by atoms with Crippen LogP contribution in [0.5, 0.6) is 0 Å². The fourth-order valence-electron chi connectivity index (χ4n) is 2.01. The summed E-state index contributed by atoms with van der Waals surface area (Å²) >= 11 is 0. The van der Waals surface area contributed by atoms with E-state index >= 15 is 0 Å². The zero-order valence-electron chi connectivity index (χ0n) is 10.3. The van der Waals surface area contributed by atoms with Crippen molar-refractivity contribution < 1.29 is 22.9 Å². The molecule has 20 heavy (non-hydrogen) atoms. The topological polar surface area (TPSA) is 63.4 Å². The Labute approximate surface area is 112 Å². The first-order valence-electron chi connectivity index (χ1n) is 5.91. The van der Waals surface area contributed by atoms with Crippen LogP contribution in [0.25, 0.3) is 0 Å². The van der Waals surface area contributed by atoms with Gasteiger partial charge >= 0.3 is 5.69 Å².